The normalized spacial score (nSPS) is 11.4. The van der Waals surface area contributed by atoms with E-state index in [1.165, 1.54) is 12.1 Å². The fraction of sp³-hybridized carbons (Fsp3) is 0.548. The van der Waals surface area contributed by atoms with Gasteiger partial charge < -0.3 is 19.7 Å². The summed E-state index contributed by atoms with van der Waals surface area (Å²) in [4.78, 5) is 24.7. The summed E-state index contributed by atoms with van der Waals surface area (Å²) in [6.07, 6.45) is 11.5. The van der Waals surface area contributed by atoms with Gasteiger partial charge in [-0.2, -0.15) is 0 Å². The van der Waals surface area contributed by atoms with Crippen molar-refractivity contribution in [3.8, 4) is 11.5 Å². The maximum atomic E-state index is 13.6. The zero-order valence-electron chi connectivity index (χ0n) is 24.0. The molecule has 0 saturated carbocycles. The van der Waals surface area contributed by atoms with Crippen molar-refractivity contribution in [3.63, 3.8) is 0 Å². The van der Waals surface area contributed by atoms with Crippen LogP contribution in [-0.4, -0.2) is 43.8 Å². The van der Waals surface area contributed by atoms with Crippen molar-refractivity contribution in [2.75, 3.05) is 13.2 Å². The second kappa shape index (κ2) is 16.9. The molecule has 8 nitrogen and oxygen atoms in total. The number of hydrogen-bond acceptors (Lipinski definition) is 8. The number of esters is 2. The topological polar surface area (TPSA) is 127 Å². The van der Waals surface area contributed by atoms with Gasteiger partial charge in [-0.15, -0.1) is 0 Å². The molecule has 0 aliphatic carbocycles. The van der Waals surface area contributed by atoms with E-state index in [0.717, 1.165) is 75.8 Å². The van der Waals surface area contributed by atoms with Crippen molar-refractivity contribution < 1.29 is 37.7 Å². The molecule has 2 rings (SSSR count). The Labute approximate surface area is 238 Å². The number of ether oxygens (including phenoxy) is 2. The summed E-state index contributed by atoms with van der Waals surface area (Å²) in [5, 5.41) is 21.8. The molecule has 0 amide bonds. The van der Waals surface area contributed by atoms with Crippen LogP contribution in [0.1, 0.15) is 117 Å². The van der Waals surface area contributed by atoms with Crippen molar-refractivity contribution in [1.82, 2.24) is 0 Å². The monoisotopic (exact) mass is 576 g/mol. The molecular weight excluding hydrogens is 532 g/mol. The molecule has 2 aromatic carbocycles. The van der Waals surface area contributed by atoms with Gasteiger partial charge in [0, 0.05) is 0 Å². The first-order valence-electron chi connectivity index (χ1n) is 14.4. The number of carbonyl (C=O) groups excluding carboxylic acids is 2. The summed E-state index contributed by atoms with van der Waals surface area (Å²) in [5.74, 6) is -3.84. The lowest BCUT2D eigenvalue weighted by Gasteiger charge is -2.16. The van der Waals surface area contributed by atoms with Gasteiger partial charge in [-0.1, -0.05) is 95.8 Å². The molecular formula is C31H44O8S. The number of phenolic OH excluding ortho intramolecular Hbond substituents is 2. The Morgan fingerprint density at radius 3 is 1.73 bits per heavy atom. The van der Waals surface area contributed by atoms with Gasteiger partial charge in [-0.05, 0) is 38.0 Å². The summed E-state index contributed by atoms with van der Waals surface area (Å²) >= 11 is 0. The molecule has 40 heavy (non-hydrogen) atoms. The Morgan fingerprint density at radius 1 is 0.725 bits per heavy atom. The van der Waals surface area contributed by atoms with E-state index >= 15 is 0 Å². The molecule has 0 radical (unpaired) electrons. The van der Waals surface area contributed by atoms with Crippen molar-refractivity contribution in [2.24, 2.45) is 0 Å². The van der Waals surface area contributed by atoms with E-state index in [2.05, 4.69) is 13.8 Å². The molecule has 0 saturated heterocycles. The summed E-state index contributed by atoms with van der Waals surface area (Å²) in [5.41, 5.74) is -0.449. The van der Waals surface area contributed by atoms with Crippen LogP contribution in [0.2, 0.25) is 0 Å². The molecule has 9 heteroatoms. The van der Waals surface area contributed by atoms with Crippen molar-refractivity contribution >= 4 is 21.8 Å². The number of hydrogen-bond donors (Lipinski definition) is 2. The van der Waals surface area contributed by atoms with Crippen LogP contribution in [0.25, 0.3) is 0 Å². The number of unbranched alkanes of at least 4 members (excludes halogenated alkanes) is 10. The van der Waals surface area contributed by atoms with Crippen LogP contribution in [0.15, 0.2) is 40.1 Å². The maximum absolute atomic E-state index is 13.6. The first kappa shape index (κ1) is 33.1. The zero-order valence-corrected chi connectivity index (χ0v) is 24.9. The summed E-state index contributed by atoms with van der Waals surface area (Å²) in [6, 6.07) is 6.65. The lowest BCUT2D eigenvalue weighted by molar-refractivity contribution is 0.0472. The van der Waals surface area contributed by atoms with Crippen LogP contribution in [0, 0.1) is 6.92 Å². The van der Waals surface area contributed by atoms with E-state index < -0.39 is 49.3 Å². The van der Waals surface area contributed by atoms with Gasteiger partial charge in [0.1, 0.15) is 27.5 Å². The standard InChI is InChI=1S/C31H44O8S/c1-4-6-8-10-12-14-20-38-30(34)25-22-26(32)27(31(35)39-21-15-13-11-9-7-5-2)29(28(25)33)40(36,37)24-18-16-23(3)17-19-24/h16-19,22,32-33H,4-15,20-21H2,1-3H3. The highest BCUT2D eigenvalue weighted by Gasteiger charge is 2.35. The van der Waals surface area contributed by atoms with Crippen LogP contribution in [-0.2, 0) is 19.3 Å². The quantitative estimate of drug-likeness (QED) is 0.108. The lowest BCUT2D eigenvalue weighted by atomic mass is 10.1. The number of sulfone groups is 1. The molecule has 2 aromatic rings. The van der Waals surface area contributed by atoms with Crippen molar-refractivity contribution in [2.45, 2.75) is 108 Å². The highest BCUT2D eigenvalue weighted by atomic mass is 32.2. The van der Waals surface area contributed by atoms with Gasteiger partial charge in [-0.3, -0.25) is 0 Å². The molecule has 0 aliphatic heterocycles. The van der Waals surface area contributed by atoms with E-state index in [-0.39, 0.29) is 18.1 Å². The van der Waals surface area contributed by atoms with Gasteiger partial charge in [0.05, 0.1) is 18.1 Å². The third kappa shape index (κ3) is 9.54. The third-order valence-electron chi connectivity index (χ3n) is 6.72. The average Bonchev–Trinajstić information content (AvgIpc) is 2.92. The molecule has 0 heterocycles. The minimum Gasteiger partial charge on any atom is -0.507 e. The molecule has 222 valence electrons. The Morgan fingerprint density at radius 2 is 1.20 bits per heavy atom. The number of aryl methyl sites for hydroxylation is 1. The molecule has 2 N–H and O–H groups in total. The SMILES string of the molecule is CCCCCCCCOC(=O)c1cc(O)c(C(=O)OCCCCCCCC)c(S(=O)(=O)c2ccc(C)cc2)c1O. The van der Waals surface area contributed by atoms with Crippen LogP contribution in [0.5, 0.6) is 11.5 Å². The number of aromatic hydroxyl groups is 2. The summed E-state index contributed by atoms with van der Waals surface area (Å²) < 4.78 is 37.8. The fourth-order valence-corrected chi connectivity index (χ4v) is 5.88. The molecule has 0 unspecified atom stereocenters. The molecule has 0 aliphatic rings. The van der Waals surface area contributed by atoms with E-state index in [1.54, 1.807) is 19.1 Å². The van der Waals surface area contributed by atoms with Gasteiger partial charge in [0.2, 0.25) is 9.84 Å². The zero-order chi connectivity index (χ0) is 29.5. The number of rotatable bonds is 18. The summed E-state index contributed by atoms with van der Waals surface area (Å²) in [7, 11) is -4.54. The van der Waals surface area contributed by atoms with Crippen LogP contribution < -0.4 is 0 Å². The van der Waals surface area contributed by atoms with Crippen LogP contribution in [0.4, 0.5) is 0 Å². The highest BCUT2D eigenvalue weighted by molar-refractivity contribution is 7.91. The van der Waals surface area contributed by atoms with Crippen molar-refractivity contribution in [1.29, 1.82) is 0 Å². The number of phenols is 2. The van der Waals surface area contributed by atoms with E-state index in [4.69, 9.17) is 9.47 Å². The lowest BCUT2D eigenvalue weighted by Crippen LogP contribution is -2.16. The smallest absolute Gasteiger partial charge is 0.343 e. The maximum Gasteiger partial charge on any atom is 0.343 e. The summed E-state index contributed by atoms with van der Waals surface area (Å²) in [6.45, 7) is 6.12. The third-order valence-corrected chi connectivity index (χ3v) is 8.55. The molecule has 0 aromatic heterocycles. The van der Waals surface area contributed by atoms with Gasteiger partial charge in [0.15, 0.2) is 0 Å². The second-order valence-electron chi connectivity index (χ2n) is 10.1. The Balaban J connectivity index is 2.33. The largest absolute Gasteiger partial charge is 0.507 e. The molecule has 0 atom stereocenters. The first-order chi connectivity index (χ1) is 19.1. The minimum atomic E-state index is -4.54. The predicted octanol–water partition coefficient (Wildman–Crippen LogP) is 7.27. The Kier molecular flexibility index (Phi) is 14.0. The molecule has 0 bridgehead atoms. The highest BCUT2D eigenvalue weighted by Crippen LogP contribution is 2.40. The van der Waals surface area contributed by atoms with Crippen molar-refractivity contribution in [3.05, 3.63) is 47.0 Å². The molecule has 0 fully saturated rings. The number of benzene rings is 2. The van der Waals surface area contributed by atoms with E-state index in [9.17, 15) is 28.2 Å². The molecule has 0 spiro atoms. The Hall–Kier alpha value is -3.07. The van der Waals surface area contributed by atoms with E-state index in [1.807, 2.05) is 0 Å². The second-order valence-corrected chi connectivity index (χ2v) is 12.0. The number of carbonyl (C=O) groups is 2. The predicted molar refractivity (Wildman–Crippen MR) is 154 cm³/mol. The van der Waals surface area contributed by atoms with Gasteiger partial charge >= 0.3 is 11.9 Å². The van der Waals surface area contributed by atoms with Gasteiger partial charge in [-0.25, -0.2) is 18.0 Å². The minimum absolute atomic E-state index is 0.0250. The van der Waals surface area contributed by atoms with Gasteiger partial charge in [0.25, 0.3) is 0 Å². The van der Waals surface area contributed by atoms with Crippen LogP contribution in [0.3, 0.4) is 0 Å². The average molecular weight is 577 g/mol. The fourth-order valence-electron chi connectivity index (χ4n) is 4.33. The first-order valence-corrected chi connectivity index (χ1v) is 15.9. The Bertz CT molecular complexity index is 1200. The van der Waals surface area contributed by atoms with E-state index in [0.29, 0.717) is 12.8 Å². The van der Waals surface area contributed by atoms with Crippen LogP contribution >= 0.6 is 0 Å².